The lowest BCUT2D eigenvalue weighted by atomic mass is 9.74. The van der Waals surface area contributed by atoms with Gasteiger partial charge in [0.25, 0.3) is 0 Å². The van der Waals surface area contributed by atoms with E-state index in [0.29, 0.717) is 53.0 Å². The zero-order valence-corrected chi connectivity index (χ0v) is 47.3. The molecule has 0 spiro atoms. The van der Waals surface area contributed by atoms with Crippen molar-refractivity contribution in [1.29, 1.82) is 0 Å². The SMILES string of the molecule is CC1(C)CC(CCCCCCCCCCCCCCCCCCNc2nc(NCCCO)nc(NCCCCCCCCCCCCCCCCCCC3CC(C)(C)NC(C)(C)C3)n2)CC(C)(C)N1. The van der Waals surface area contributed by atoms with Gasteiger partial charge >= 0.3 is 0 Å². The van der Waals surface area contributed by atoms with Gasteiger partial charge in [-0.2, -0.15) is 15.0 Å². The number of hydrogen-bond acceptors (Lipinski definition) is 9. The van der Waals surface area contributed by atoms with Crippen molar-refractivity contribution in [2.75, 3.05) is 42.2 Å². The summed E-state index contributed by atoms with van der Waals surface area (Å²) in [5.41, 5.74) is 1.17. The van der Waals surface area contributed by atoms with E-state index in [9.17, 15) is 5.11 Å². The third-order valence-corrected chi connectivity index (χ3v) is 15.4. The van der Waals surface area contributed by atoms with Crippen molar-refractivity contribution in [2.45, 2.75) is 328 Å². The summed E-state index contributed by atoms with van der Waals surface area (Å²) < 4.78 is 0. The van der Waals surface area contributed by atoms with Gasteiger partial charge in [0.2, 0.25) is 17.8 Å². The average Bonchev–Trinajstić information content (AvgIpc) is 3.26. The average molecular weight is 968 g/mol. The predicted octanol–water partition coefficient (Wildman–Crippen LogP) is 16.9. The van der Waals surface area contributed by atoms with E-state index in [-0.39, 0.29) is 6.61 Å². The molecular formula is C60H118N8O. The van der Waals surface area contributed by atoms with Crippen molar-refractivity contribution in [1.82, 2.24) is 25.6 Å². The summed E-state index contributed by atoms with van der Waals surface area (Å²) >= 11 is 0. The van der Waals surface area contributed by atoms with Crippen LogP contribution in [0.5, 0.6) is 0 Å². The summed E-state index contributed by atoms with van der Waals surface area (Å²) in [6.45, 7) is 21.6. The Morgan fingerprint density at radius 1 is 0.333 bits per heavy atom. The van der Waals surface area contributed by atoms with E-state index in [1.807, 2.05) is 0 Å². The maximum Gasteiger partial charge on any atom is 0.229 e. The van der Waals surface area contributed by atoms with Crippen LogP contribution in [-0.4, -0.2) is 68.5 Å². The van der Waals surface area contributed by atoms with E-state index in [1.165, 1.54) is 231 Å². The van der Waals surface area contributed by atoms with E-state index < -0.39 is 0 Å². The summed E-state index contributed by atoms with van der Waals surface area (Å²) in [7, 11) is 0. The third-order valence-electron chi connectivity index (χ3n) is 15.4. The number of hydrogen-bond donors (Lipinski definition) is 6. The number of piperidine rings is 2. The van der Waals surface area contributed by atoms with E-state index in [1.54, 1.807) is 0 Å². The molecular weight excluding hydrogens is 849 g/mol. The molecule has 6 N–H and O–H groups in total. The molecule has 1 aromatic heterocycles. The lowest BCUT2D eigenvalue weighted by Gasteiger charge is -2.46. The standard InChI is InChI=1S/C60H118N8O/c1-57(2)48-52(49-58(3,4)67-57)42-37-33-29-25-21-17-13-9-11-15-19-23-27-31-35-39-44-61-54-64-55(66-56(65-54)63-46-41-47-69)62-45-40-36-32-28-24-20-16-12-10-14-18-22-26-30-34-38-43-53-50-59(5,6)68-60(7,8)51-53/h52-53,67-69H,9-51H2,1-8H3,(H3,61,62,63,64,65,66). The van der Waals surface area contributed by atoms with E-state index in [2.05, 4.69) is 91.9 Å². The molecule has 9 heteroatoms. The molecule has 9 nitrogen and oxygen atoms in total. The molecule has 3 heterocycles. The third kappa shape index (κ3) is 32.9. The van der Waals surface area contributed by atoms with Gasteiger partial charge in [0.15, 0.2) is 0 Å². The molecule has 0 aromatic carbocycles. The summed E-state index contributed by atoms with van der Waals surface area (Å²) in [6, 6.07) is 0. The number of aromatic nitrogens is 3. The van der Waals surface area contributed by atoms with Gasteiger partial charge in [-0.05, 0) is 112 Å². The fraction of sp³-hybridized carbons (Fsp3) is 0.950. The van der Waals surface area contributed by atoms with Gasteiger partial charge < -0.3 is 31.7 Å². The normalized spacial score (nSPS) is 17.9. The smallest absolute Gasteiger partial charge is 0.229 e. The molecule has 2 aliphatic rings. The zero-order valence-electron chi connectivity index (χ0n) is 47.3. The monoisotopic (exact) mass is 967 g/mol. The maximum atomic E-state index is 9.26. The summed E-state index contributed by atoms with van der Waals surface area (Å²) in [4.78, 5) is 13.9. The van der Waals surface area contributed by atoms with Crippen molar-refractivity contribution < 1.29 is 5.11 Å². The Balaban J connectivity index is 1.07. The number of aliphatic hydroxyl groups is 1. The highest BCUT2D eigenvalue weighted by Crippen LogP contribution is 2.37. The Hall–Kier alpha value is -1.71. The number of aliphatic hydroxyl groups excluding tert-OH is 1. The minimum Gasteiger partial charge on any atom is -0.396 e. The molecule has 2 fully saturated rings. The second kappa shape index (κ2) is 36.3. The van der Waals surface area contributed by atoms with Gasteiger partial charge in [0.05, 0.1) is 0 Å². The highest BCUT2D eigenvalue weighted by atomic mass is 16.3. The van der Waals surface area contributed by atoms with E-state index in [0.717, 1.165) is 37.8 Å². The topological polar surface area (TPSA) is 119 Å². The minimum absolute atomic E-state index is 0.156. The van der Waals surface area contributed by atoms with Crippen LogP contribution in [0.2, 0.25) is 0 Å². The second-order valence-electron chi connectivity index (χ2n) is 25.4. The van der Waals surface area contributed by atoms with Gasteiger partial charge in [0, 0.05) is 48.4 Å². The second-order valence-corrected chi connectivity index (χ2v) is 25.4. The number of rotatable bonds is 44. The molecule has 0 aliphatic carbocycles. The molecule has 1 aromatic rings. The molecule has 0 radical (unpaired) electrons. The van der Waals surface area contributed by atoms with Crippen LogP contribution in [-0.2, 0) is 0 Å². The Kier molecular flexibility index (Phi) is 32.4. The number of nitrogens with one attached hydrogen (secondary N) is 5. The lowest BCUT2D eigenvalue weighted by Crippen LogP contribution is -2.57. The van der Waals surface area contributed by atoms with Crippen molar-refractivity contribution in [3.63, 3.8) is 0 Å². The van der Waals surface area contributed by atoms with Crippen LogP contribution < -0.4 is 26.6 Å². The van der Waals surface area contributed by atoms with Crippen molar-refractivity contribution in [2.24, 2.45) is 11.8 Å². The first kappa shape index (κ1) is 61.6. The van der Waals surface area contributed by atoms with Crippen LogP contribution in [0.4, 0.5) is 17.8 Å². The molecule has 0 amide bonds. The summed E-state index contributed by atoms with van der Waals surface area (Å²) in [5, 5.41) is 27.1. The van der Waals surface area contributed by atoms with Crippen LogP contribution >= 0.6 is 0 Å². The Bertz CT molecular complexity index is 1260. The molecule has 2 saturated heterocycles. The first-order chi connectivity index (χ1) is 33.2. The summed E-state index contributed by atoms with van der Waals surface area (Å²) in [5.74, 6) is 3.65. The van der Waals surface area contributed by atoms with Gasteiger partial charge in [-0.25, -0.2) is 0 Å². The molecule has 69 heavy (non-hydrogen) atoms. The Labute approximate surface area is 428 Å². The quantitative estimate of drug-likeness (QED) is 0.0355. The fourth-order valence-corrected chi connectivity index (χ4v) is 12.8. The minimum atomic E-state index is 0.156. The molecule has 0 unspecified atom stereocenters. The van der Waals surface area contributed by atoms with E-state index in [4.69, 9.17) is 4.98 Å². The molecule has 2 aliphatic heterocycles. The molecule has 0 atom stereocenters. The van der Waals surface area contributed by atoms with Crippen LogP contribution in [0.1, 0.15) is 306 Å². The molecule has 404 valence electrons. The Morgan fingerprint density at radius 2 is 0.536 bits per heavy atom. The largest absolute Gasteiger partial charge is 0.396 e. The first-order valence-corrected chi connectivity index (χ1v) is 30.3. The van der Waals surface area contributed by atoms with Gasteiger partial charge in [-0.3, -0.25) is 0 Å². The van der Waals surface area contributed by atoms with Crippen LogP contribution in [0.25, 0.3) is 0 Å². The molecule has 3 rings (SSSR count). The fourth-order valence-electron chi connectivity index (χ4n) is 12.8. The maximum absolute atomic E-state index is 9.26. The highest BCUT2D eigenvalue weighted by Gasteiger charge is 2.38. The molecule has 0 saturated carbocycles. The Morgan fingerprint density at radius 3 is 0.768 bits per heavy atom. The van der Waals surface area contributed by atoms with Crippen molar-refractivity contribution in [3.05, 3.63) is 0 Å². The summed E-state index contributed by atoms with van der Waals surface area (Å²) in [6.07, 6.45) is 53.1. The van der Waals surface area contributed by atoms with Gasteiger partial charge in [0.1, 0.15) is 0 Å². The highest BCUT2D eigenvalue weighted by molar-refractivity contribution is 5.42. The van der Waals surface area contributed by atoms with Crippen LogP contribution in [0.15, 0.2) is 0 Å². The predicted molar refractivity (Wildman–Crippen MR) is 302 cm³/mol. The number of anilines is 3. The van der Waals surface area contributed by atoms with Crippen molar-refractivity contribution >= 4 is 17.8 Å². The van der Waals surface area contributed by atoms with Crippen molar-refractivity contribution in [3.8, 4) is 0 Å². The van der Waals surface area contributed by atoms with Crippen LogP contribution in [0, 0.1) is 11.8 Å². The zero-order chi connectivity index (χ0) is 49.9. The molecule has 0 bridgehead atoms. The number of nitrogens with zero attached hydrogens (tertiary/aromatic N) is 3. The van der Waals surface area contributed by atoms with Gasteiger partial charge in [-0.15, -0.1) is 0 Å². The first-order valence-electron chi connectivity index (χ1n) is 30.3. The van der Waals surface area contributed by atoms with Gasteiger partial charge in [-0.1, -0.05) is 205 Å². The van der Waals surface area contributed by atoms with Crippen LogP contribution in [0.3, 0.4) is 0 Å². The van der Waals surface area contributed by atoms with E-state index >= 15 is 0 Å². The lowest BCUT2D eigenvalue weighted by molar-refractivity contribution is 0.121. The number of unbranched alkanes of at least 4 members (excludes halogenated alkanes) is 30.